The second-order valence-electron chi connectivity index (χ2n) is 8.04. The third-order valence-corrected chi connectivity index (χ3v) is 5.88. The predicted molar refractivity (Wildman–Crippen MR) is 114 cm³/mol. The summed E-state index contributed by atoms with van der Waals surface area (Å²) in [7, 11) is 1.61. The Labute approximate surface area is 177 Å². The van der Waals surface area contributed by atoms with Crippen LogP contribution in [0.5, 0.6) is 0 Å². The maximum atomic E-state index is 12.4. The molecule has 1 atom stereocenters. The highest BCUT2D eigenvalue weighted by Gasteiger charge is 2.33. The van der Waals surface area contributed by atoms with Crippen LogP contribution >= 0.6 is 0 Å². The molecule has 1 aliphatic carbocycles. The molecule has 1 saturated heterocycles. The van der Waals surface area contributed by atoms with E-state index in [0.717, 1.165) is 35.5 Å². The summed E-state index contributed by atoms with van der Waals surface area (Å²) in [6.07, 6.45) is 6.21. The Hall–Kier alpha value is -2.98. The van der Waals surface area contributed by atoms with Gasteiger partial charge in [-0.15, -0.1) is 0 Å². The zero-order chi connectivity index (χ0) is 21.1. The molecule has 1 aliphatic heterocycles. The van der Waals surface area contributed by atoms with E-state index in [1.54, 1.807) is 19.5 Å². The van der Waals surface area contributed by atoms with Gasteiger partial charge in [-0.2, -0.15) is 5.26 Å². The highest BCUT2D eigenvalue weighted by molar-refractivity contribution is 5.77. The molecule has 4 rings (SSSR count). The van der Waals surface area contributed by atoms with E-state index in [9.17, 15) is 10.1 Å². The number of hydrogen-bond donors (Lipinski definition) is 0. The lowest BCUT2D eigenvalue weighted by Crippen LogP contribution is -2.54. The molecule has 7 heteroatoms. The van der Waals surface area contributed by atoms with Gasteiger partial charge in [0.05, 0.1) is 24.3 Å². The molecule has 0 spiro atoms. The van der Waals surface area contributed by atoms with Crippen LogP contribution in [0.2, 0.25) is 0 Å². The summed E-state index contributed by atoms with van der Waals surface area (Å²) >= 11 is 0. The Morgan fingerprint density at radius 2 is 2.07 bits per heavy atom. The predicted octanol–water partition coefficient (Wildman–Crippen LogP) is 2.97. The lowest BCUT2D eigenvalue weighted by atomic mass is 10.00. The van der Waals surface area contributed by atoms with Gasteiger partial charge in [0.2, 0.25) is 5.91 Å². The van der Waals surface area contributed by atoms with E-state index in [4.69, 9.17) is 9.72 Å². The molecule has 2 fully saturated rings. The van der Waals surface area contributed by atoms with Crippen molar-refractivity contribution in [1.82, 2.24) is 14.9 Å². The maximum Gasteiger partial charge on any atom is 0.225 e. The molecule has 1 amide bonds. The first-order valence-corrected chi connectivity index (χ1v) is 10.5. The van der Waals surface area contributed by atoms with Crippen LogP contribution in [0, 0.1) is 11.3 Å². The lowest BCUT2D eigenvalue weighted by Gasteiger charge is -2.41. The Morgan fingerprint density at radius 1 is 1.30 bits per heavy atom. The molecule has 30 heavy (non-hydrogen) atoms. The van der Waals surface area contributed by atoms with Crippen LogP contribution in [0.4, 0.5) is 5.82 Å². The normalized spacial score (nSPS) is 18.9. The number of nitriles is 1. The fraction of sp³-hybridized carbons (Fsp3) is 0.478. The number of anilines is 1. The summed E-state index contributed by atoms with van der Waals surface area (Å²) in [6.45, 7) is 4.45. The number of rotatable bonds is 6. The minimum absolute atomic E-state index is 0.0562. The molecular weight excluding hydrogens is 378 g/mol. The smallest absolute Gasteiger partial charge is 0.225 e. The molecule has 156 valence electrons. The van der Waals surface area contributed by atoms with Crippen LogP contribution < -0.4 is 4.90 Å². The third-order valence-electron chi connectivity index (χ3n) is 5.88. The summed E-state index contributed by atoms with van der Waals surface area (Å²) < 4.78 is 5.04. The molecule has 0 radical (unpaired) electrons. The van der Waals surface area contributed by atoms with Crippen LogP contribution in [0.25, 0.3) is 11.1 Å². The number of methoxy groups -OCH3 is 1. The van der Waals surface area contributed by atoms with E-state index < -0.39 is 0 Å². The van der Waals surface area contributed by atoms with E-state index in [-0.39, 0.29) is 11.9 Å². The second kappa shape index (κ2) is 8.80. The monoisotopic (exact) mass is 405 g/mol. The van der Waals surface area contributed by atoms with Crippen molar-refractivity contribution in [2.24, 2.45) is 0 Å². The van der Waals surface area contributed by atoms with Crippen LogP contribution in [-0.2, 0) is 9.53 Å². The first-order valence-electron chi connectivity index (χ1n) is 10.5. The Bertz CT molecular complexity index is 952. The Balaban J connectivity index is 1.61. The number of aromatic nitrogens is 2. The van der Waals surface area contributed by atoms with Gasteiger partial charge in [-0.25, -0.2) is 4.98 Å². The summed E-state index contributed by atoms with van der Waals surface area (Å²) in [4.78, 5) is 25.6. The molecule has 1 saturated carbocycles. The number of ether oxygens (including phenoxy) is 1. The van der Waals surface area contributed by atoms with Crippen molar-refractivity contribution in [2.75, 3.05) is 38.3 Å². The average Bonchev–Trinajstić information content (AvgIpc) is 3.62. The number of piperazine rings is 1. The zero-order valence-electron chi connectivity index (χ0n) is 17.5. The van der Waals surface area contributed by atoms with Gasteiger partial charge in [-0.05, 0) is 43.5 Å². The number of hydrogen-bond acceptors (Lipinski definition) is 6. The molecule has 2 aromatic rings. The van der Waals surface area contributed by atoms with Crippen molar-refractivity contribution < 1.29 is 9.53 Å². The van der Waals surface area contributed by atoms with E-state index in [1.807, 2.05) is 23.1 Å². The van der Waals surface area contributed by atoms with Crippen LogP contribution in [-0.4, -0.2) is 60.2 Å². The molecule has 3 heterocycles. The maximum absolute atomic E-state index is 12.4. The molecule has 0 N–H and O–H groups in total. The van der Waals surface area contributed by atoms with Gasteiger partial charge in [0.1, 0.15) is 11.9 Å². The molecule has 2 aliphatic rings. The quantitative estimate of drug-likeness (QED) is 0.735. The van der Waals surface area contributed by atoms with Gasteiger partial charge in [-0.1, -0.05) is 0 Å². The molecule has 2 aromatic heterocycles. The number of nitrogens with zero attached hydrogens (tertiary/aromatic N) is 5. The number of carbonyl (C=O) groups is 1. The Kier molecular flexibility index (Phi) is 5.96. The third kappa shape index (κ3) is 4.14. The molecule has 0 unspecified atom stereocenters. The molecule has 0 bridgehead atoms. The average molecular weight is 406 g/mol. The Morgan fingerprint density at radius 3 is 2.70 bits per heavy atom. The van der Waals surface area contributed by atoms with E-state index in [1.165, 1.54) is 0 Å². The van der Waals surface area contributed by atoms with Gasteiger partial charge in [0.25, 0.3) is 0 Å². The fourth-order valence-corrected chi connectivity index (χ4v) is 4.12. The highest BCUT2D eigenvalue weighted by Crippen LogP contribution is 2.44. The number of amides is 1. The van der Waals surface area contributed by atoms with Crippen molar-refractivity contribution in [3.05, 3.63) is 41.9 Å². The SMILES string of the molecule is COCCC(=O)N1CCN(c2nc(C3CC3)c(-c3ccncc3)cc2C#N)C[C@H]1C. The summed E-state index contributed by atoms with van der Waals surface area (Å²) in [5.74, 6) is 1.31. The van der Waals surface area contributed by atoms with Crippen molar-refractivity contribution in [3.63, 3.8) is 0 Å². The summed E-state index contributed by atoms with van der Waals surface area (Å²) in [5, 5.41) is 9.86. The van der Waals surface area contributed by atoms with Crippen molar-refractivity contribution in [1.29, 1.82) is 5.26 Å². The summed E-state index contributed by atoms with van der Waals surface area (Å²) in [6, 6.07) is 8.32. The molecule has 0 aromatic carbocycles. The van der Waals surface area contributed by atoms with Crippen LogP contribution in [0.3, 0.4) is 0 Å². The molecule has 7 nitrogen and oxygen atoms in total. The van der Waals surface area contributed by atoms with Gasteiger partial charge in [-0.3, -0.25) is 9.78 Å². The van der Waals surface area contributed by atoms with E-state index >= 15 is 0 Å². The van der Waals surface area contributed by atoms with E-state index in [2.05, 4.69) is 22.9 Å². The zero-order valence-corrected chi connectivity index (χ0v) is 17.5. The minimum Gasteiger partial charge on any atom is -0.384 e. The highest BCUT2D eigenvalue weighted by atomic mass is 16.5. The van der Waals surface area contributed by atoms with Crippen molar-refractivity contribution in [3.8, 4) is 17.2 Å². The first kappa shape index (κ1) is 20.3. The molecular formula is C23H27N5O2. The van der Waals surface area contributed by atoms with Gasteiger partial charge >= 0.3 is 0 Å². The van der Waals surface area contributed by atoms with Gasteiger partial charge in [0.15, 0.2) is 0 Å². The minimum atomic E-state index is 0.0562. The van der Waals surface area contributed by atoms with Gasteiger partial charge < -0.3 is 14.5 Å². The van der Waals surface area contributed by atoms with E-state index in [0.29, 0.717) is 44.1 Å². The fourth-order valence-electron chi connectivity index (χ4n) is 4.12. The lowest BCUT2D eigenvalue weighted by molar-refractivity contribution is -0.134. The topological polar surface area (TPSA) is 82.3 Å². The van der Waals surface area contributed by atoms with Crippen molar-refractivity contribution >= 4 is 11.7 Å². The van der Waals surface area contributed by atoms with Crippen LogP contribution in [0.15, 0.2) is 30.6 Å². The largest absolute Gasteiger partial charge is 0.384 e. The number of carbonyl (C=O) groups excluding carboxylic acids is 1. The number of pyridine rings is 2. The van der Waals surface area contributed by atoms with Gasteiger partial charge in [0, 0.05) is 56.7 Å². The first-order chi connectivity index (χ1) is 14.6. The van der Waals surface area contributed by atoms with Crippen LogP contribution in [0.1, 0.15) is 43.4 Å². The standard InChI is InChI=1S/C23H27N5O2/c1-16-15-27(10-11-28(16)21(29)7-12-30-2)23-19(14-24)13-20(17-5-8-25-9-6-17)22(26-23)18-3-4-18/h5-6,8-9,13,16,18H,3-4,7,10-12,15H2,1-2H3/t16-/m1/s1. The van der Waals surface area contributed by atoms with Crippen molar-refractivity contribution in [2.45, 2.75) is 38.1 Å². The summed E-state index contributed by atoms with van der Waals surface area (Å²) in [5.41, 5.74) is 3.73. The second-order valence-corrected chi connectivity index (χ2v) is 8.04.